The van der Waals surface area contributed by atoms with E-state index < -0.39 is 0 Å². The molecule has 0 radical (unpaired) electrons. The number of rotatable bonds is 4. The highest BCUT2D eigenvalue weighted by atomic mass is 16.5. The highest BCUT2D eigenvalue weighted by molar-refractivity contribution is 6.04. The first-order chi connectivity index (χ1) is 10.1. The van der Waals surface area contributed by atoms with Gasteiger partial charge in [0.15, 0.2) is 0 Å². The van der Waals surface area contributed by atoms with Gasteiger partial charge in [-0.25, -0.2) is 4.79 Å². The molecule has 5 nitrogen and oxygen atoms in total. The molecule has 0 bridgehead atoms. The van der Waals surface area contributed by atoms with Gasteiger partial charge in [-0.2, -0.15) is 0 Å². The minimum Gasteiger partial charge on any atom is -0.462 e. The van der Waals surface area contributed by atoms with Gasteiger partial charge in [0.2, 0.25) is 0 Å². The number of aryl methyl sites for hydroxylation is 1. The maximum absolute atomic E-state index is 12.0. The third kappa shape index (κ3) is 3.89. The summed E-state index contributed by atoms with van der Waals surface area (Å²) < 4.78 is 4.89. The third-order valence-electron chi connectivity index (χ3n) is 2.83. The Morgan fingerprint density at radius 1 is 1.10 bits per heavy atom. The number of ether oxygens (including phenoxy) is 1. The fourth-order valence-corrected chi connectivity index (χ4v) is 1.71. The Kier molecular flexibility index (Phi) is 4.66. The van der Waals surface area contributed by atoms with Crippen LogP contribution in [0.1, 0.15) is 33.3 Å². The van der Waals surface area contributed by atoms with Gasteiger partial charge in [0.05, 0.1) is 17.7 Å². The van der Waals surface area contributed by atoms with Gasteiger partial charge in [-0.15, -0.1) is 0 Å². The van der Waals surface area contributed by atoms with Crippen molar-refractivity contribution in [3.63, 3.8) is 0 Å². The van der Waals surface area contributed by atoms with Crippen molar-refractivity contribution in [3.8, 4) is 0 Å². The molecule has 1 aromatic carbocycles. The van der Waals surface area contributed by atoms with E-state index in [0.717, 1.165) is 5.69 Å². The lowest BCUT2D eigenvalue weighted by molar-refractivity contribution is 0.0526. The molecule has 0 spiro atoms. The molecule has 5 heteroatoms. The number of anilines is 1. The number of benzene rings is 1. The molecule has 0 saturated carbocycles. The van der Waals surface area contributed by atoms with Crippen LogP contribution in [-0.4, -0.2) is 23.5 Å². The summed E-state index contributed by atoms with van der Waals surface area (Å²) in [6.07, 6.45) is 1.53. The third-order valence-corrected chi connectivity index (χ3v) is 2.83. The molecule has 21 heavy (non-hydrogen) atoms. The molecule has 0 aliphatic carbocycles. The van der Waals surface area contributed by atoms with Crippen molar-refractivity contribution in [2.45, 2.75) is 13.8 Å². The van der Waals surface area contributed by atoms with Crippen LogP contribution in [0.25, 0.3) is 0 Å². The zero-order valence-corrected chi connectivity index (χ0v) is 11.9. The fourth-order valence-electron chi connectivity index (χ4n) is 1.71. The Balaban J connectivity index is 2.04. The van der Waals surface area contributed by atoms with E-state index in [0.29, 0.717) is 23.4 Å². The quantitative estimate of drug-likeness (QED) is 0.877. The van der Waals surface area contributed by atoms with Gasteiger partial charge in [-0.1, -0.05) is 0 Å². The molecule has 1 amide bonds. The number of nitrogens with zero attached hydrogens (tertiary/aromatic N) is 1. The summed E-state index contributed by atoms with van der Waals surface area (Å²) in [5.41, 5.74) is 2.39. The van der Waals surface area contributed by atoms with Crippen LogP contribution in [0.4, 0.5) is 5.69 Å². The predicted octanol–water partition coefficient (Wildman–Crippen LogP) is 2.82. The number of pyridine rings is 1. The predicted molar refractivity (Wildman–Crippen MR) is 79.3 cm³/mol. The zero-order valence-electron chi connectivity index (χ0n) is 11.9. The van der Waals surface area contributed by atoms with Crippen molar-refractivity contribution in [1.82, 2.24) is 4.98 Å². The molecule has 1 N–H and O–H groups in total. The number of hydrogen-bond acceptors (Lipinski definition) is 4. The first-order valence-corrected chi connectivity index (χ1v) is 6.61. The average Bonchev–Trinajstić information content (AvgIpc) is 2.49. The van der Waals surface area contributed by atoms with Crippen molar-refractivity contribution in [3.05, 3.63) is 59.4 Å². The number of aromatic nitrogens is 1. The molecule has 1 aromatic heterocycles. The van der Waals surface area contributed by atoms with Crippen LogP contribution in [0.3, 0.4) is 0 Å². The van der Waals surface area contributed by atoms with Gasteiger partial charge in [-0.3, -0.25) is 9.78 Å². The van der Waals surface area contributed by atoms with Gasteiger partial charge in [0.1, 0.15) is 0 Å². The summed E-state index contributed by atoms with van der Waals surface area (Å²) in [5.74, 6) is -0.621. The number of hydrogen-bond donors (Lipinski definition) is 1. The maximum Gasteiger partial charge on any atom is 0.338 e. The minimum absolute atomic E-state index is 0.244. The van der Waals surface area contributed by atoms with Crippen LogP contribution in [0, 0.1) is 6.92 Å². The van der Waals surface area contributed by atoms with Crippen LogP contribution in [-0.2, 0) is 4.74 Å². The van der Waals surface area contributed by atoms with Crippen molar-refractivity contribution >= 4 is 17.6 Å². The monoisotopic (exact) mass is 284 g/mol. The first kappa shape index (κ1) is 14.7. The number of carbonyl (C=O) groups excluding carboxylic acids is 2. The number of esters is 1. The van der Waals surface area contributed by atoms with Crippen LogP contribution in [0.15, 0.2) is 42.6 Å². The standard InChI is InChI=1S/C16H16N2O3/c1-3-21-16(20)12-6-8-14(9-7-12)18-15(19)13-5-4-11(2)17-10-13/h4-10H,3H2,1-2H3,(H,18,19). The Hall–Kier alpha value is -2.69. The van der Waals surface area contributed by atoms with Gasteiger partial charge in [0.25, 0.3) is 5.91 Å². The second kappa shape index (κ2) is 6.65. The Morgan fingerprint density at radius 2 is 1.76 bits per heavy atom. The lowest BCUT2D eigenvalue weighted by Crippen LogP contribution is -2.12. The van der Waals surface area contributed by atoms with Gasteiger partial charge in [0, 0.05) is 17.6 Å². The van der Waals surface area contributed by atoms with Crippen LogP contribution in [0.5, 0.6) is 0 Å². The van der Waals surface area contributed by atoms with Gasteiger partial charge >= 0.3 is 5.97 Å². The van der Waals surface area contributed by atoms with Crippen molar-refractivity contribution in [2.24, 2.45) is 0 Å². The molecule has 0 aliphatic rings. The second-order valence-corrected chi connectivity index (χ2v) is 4.44. The highest BCUT2D eigenvalue weighted by Crippen LogP contribution is 2.12. The van der Waals surface area contributed by atoms with Crippen LogP contribution in [0.2, 0.25) is 0 Å². The molecule has 0 saturated heterocycles. The smallest absolute Gasteiger partial charge is 0.338 e. The fraction of sp³-hybridized carbons (Fsp3) is 0.188. The molecule has 2 aromatic rings. The van der Waals surface area contributed by atoms with E-state index in [4.69, 9.17) is 4.74 Å². The molecule has 0 unspecified atom stereocenters. The van der Waals surface area contributed by atoms with Crippen molar-refractivity contribution in [1.29, 1.82) is 0 Å². The summed E-state index contributed by atoms with van der Waals surface area (Å²) >= 11 is 0. The largest absolute Gasteiger partial charge is 0.462 e. The SMILES string of the molecule is CCOC(=O)c1ccc(NC(=O)c2ccc(C)nc2)cc1. The number of amides is 1. The van der Waals surface area contributed by atoms with Crippen LogP contribution >= 0.6 is 0 Å². The summed E-state index contributed by atoms with van der Waals surface area (Å²) in [5, 5.41) is 2.74. The summed E-state index contributed by atoms with van der Waals surface area (Å²) in [6.45, 7) is 3.94. The molecular formula is C16H16N2O3. The van der Waals surface area contributed by atoms with E-state index in [1.165, 1.54) is 6.20 Å². The number of nitrogens with one attached hydrogen (secondary N) is 1. The van der Waals surface area contributed by atoms with E-state index in [2.05, 4.69) is 10.3 Å². The minimum atomic E-state index is -0.377. The number of carbonyl (C=O) groups is 2. The molecule has 0 fully saturated rings. The van der Waals surface area contributed by atoms with E-state index in [9.17, 15) is 9.59 Å². The van der Waals surface area contributed by atoms with Gasteiger partial charge < -0.3 is 10.1 Å². The molecule has 0 atom stereocenters. The lowest BCUT2D eigenvalue weighted by Gasteiger charge is -2.06. The second-order valence-electron chi connectivity index (χ2n) is 4.44. The molecule has 108 valence electrons. The molecule has 2 rings (SSSR count). The normalized spacial score (nSPS) is 10.0. The van der Waals surface area contributed by atoms with E-state index in [1.807, 2.05) is 6.92 Å². The summed E-state index contributed by atoms with van der Waals surface area (Å²) in [4.78, 5) is 27.6. The highest BCUT2D eigenvalue weighted by Gasteiger charge is 2.08. The molecule has 1 heterocycles. The first-order valence-electron chi connectivity index (χ1n) is 6.61. The maximum atomic E-state index is 12.0. The topological polar surface area (TPSA) is 68.3 Å². The van der Waals surface area contributed by atoms with E-state index >= 15 is 0 Å². The Morgan fingerprint density at radius 3 is 2.33 bits per heavy atom. The summed E-state index contributed by atoms with van der Waals surface area (Å²) in [7, 11) is 0. The summed E-state index contributed by atoms with van der Waals surface area (Å²) in [6, 6.07) is 10.0. The van der Waals surface area contributed by atoms with E-state index in [1.54, 1.807) is 43.3 Å². The molecule has 0 aliphatic heterocycles. The molecular weight excluding hydrogens is 268 g/mol. The van der Waals surface area contributed by atoms with Crippen molar-refractivity contribution in [2.75, 3.05) is 11.9 Å². The lowest BCUT2D eigenvalue weighted by atomic mass is 10.2. The van der Waals surface area contributed by atoms with Crippen LogP contribution < -0.4 is 5.32 Å². The van der Waals surface area contributed by atoms with Crippen molar-refractivity contribution < 1.29 is 14.3 Å². The van der Waals surface area contributed by atoms with Gasteiger partial charge in [-0.05, 0) is 50.2 Å². The Bertz CT molecular complexity index is 634. The average molecular weight is 284 g/mol. The van der Waals surface area contributed by atoms with E-state index in [-0.39, 0.29) is 11.9 Å². The Labute approximate surface area is 123 Å². The zero-order chi connectivity index (χ0) is 15.2.